The molecule has 1 aliphatic heterocycles. The molecule has 30 heavy (non-hydrogen) atoms. The number of aromatic nitrogens is 2. The summed E-state index contributed by atoms with van der Waals surface area (Å²) in [6.45, 7) is 8.81. The van der Waals surface area contributed by atoms with Crippen LogP contribution >= 0.6 is 0 Å². The van der Waals surface area contributed by atoms with Crippen LogP contribution in [-0.4, -0.2) is 59.1 Å². The number of nitrogens with zero attached hydrogens (tertiary/aromatic N) is 6. The molecule has 1 aromatic heterocycles. The van der Waals surface area contributed by atoms with E-state index in [1.165, 1.54) is 6.33 Å². The lowest BCUT2D eigenvalue weighted by Crippen LogP contribution is -2.46. The normalized spacial score (nSPS) is 14.8. The van der Waals surface area contributed by atoms with E-state index < -0.39 is 0 Å². The number of nitro groups is 1. The van der Waals surface area contributed by atoms with Crippen LogP contribution in [0.1, 0.15) is 13.8 Å². The summed E-state index contributed by atoms with van der Waals surface area (Å²) in [5, 5.41) is 14.3. The summed E-state index contributed by atoms with van der Waals surface area (Å²) in [7, 11) is 0. The number of fused-ring (bicyclic) bond motifs is 1. The van der Waals surface area contributed by atoms with Crippen LogP contribution in [0.5, 0.6) is 0 Å². The van der Waals surface area contributed by atoms with Crippen LogP contribution in [0.4, 0.5) is 23.0 Å². The largest absolute Gasteiger partial charge is 0.353 e. The molecule has 1 aliphatic rings. The third-order valence-corrected chi connectivity index (χ3v) is 5.71. The Morgan fingerprint density at radius 1 is 1.03 bits per heavy atom. The van der Waals surface area contributed by atoms with Gasteiger partial charge in [-0.3, -0.25) is 10.1 Å². The van der Waals surface area contributed by atoms with Crippen LogP contribution in [0.2, 0.25) is 0 Å². The van der Waals surface area contributed by atoms with E-state index in [0.717, 1.165) is 36.1 Å². The van der Waals surface area contributed by atoms with Crippen molar-refractivity contribution in [1.82, 2.24) is 14.9 Å². The Hall–Kier alpha value is -3.26. The van der Waals surface area contributed by atoms with Gasteiger partial charge in [0, 0.05) is 38.1 Å². The Bertz CT molecular complexity index is 1040. The average Bonchev–Trinajstić information content (AvgIpc) is 2.79. The van der Waals surface area contributed by atoms with Crippen LogP contribution in [0.15, 0.2) is 48.8 Å². The van der Waals surface area contributed by atoms with E-state index in [4.69, 9.17) is 0 Å². The summed E-state index contributed by atoms with van der Waals surface area (Å²) in [6, 6.07) is 14.0. The van der Waals surface area contributed by atoms with Gasteiger partial charge in [-0.1, -0.05) is 43.3 Å². The highest BCUT2D eigenvalue weighted by Gasteiger charge is 2.32. The van der Waals surface area contributed by atoms with E-state index >= 15 is 0 Å². The molecule has 2 aromatic carbocycles. The van der Waals surface area contributed by atoms with Crippen LogP contribution in [0.3, 0.4) is 0 Å². The first-order valence-electron chi connectivity index (χ1n) is 10.4. The molecule has 8 heteroatoms. The summed E-state index contributed by atoms with van der Waals surface area (Å²) in [5.41, 5.74) is 0.872. The first-order valence-corrected chi connectivity index (χ1v) is 10.4. The van der Waals surface area contributed by atoms with Gasteiger partial charge in [-0.2, -0.15) is 0 Å². The van der Waals surface area contributed by atoms with Crippen molar-refractivity contribution in [3.05, 3.63) is 58.9 Å². The van der Waals surface area contributed by atoms with Gasteiger partial charge in [0.05, 0.1) is 10.6 Å². The molecule has 0 unspecified atom stereocenters. The first kappa shape index (κ1) is 20.0. The van der Waals surface area contributed by atoms with Crippen molar-refractivity contribution in [3.63, 3.8) is 0 Å². The monoisotopic (exact) mass is 406 g/mol. The van der Waals surface area contributed by atoms with E-state index in [2.05, 4.69) is 21.8 Å². The van der Waals surface area contributed by atoms with E-state index in [0.29, 0.717) is 31.3 Å². The molecule has 0 spiro atoms. The van der Waals surface area contributed by atoms with E-state index in [1.54, 1.807) is 0 Å². The number of hydrogen-bond acceptors (Lipinski definition) is 7. The molecular weight excluding hydrogens is 380 g/mol. The van der Waals surface area contributed by atoms with Crippen molar-refractivity contribution in [2.24, 2.45) is 0 Å². The van der Waals surface area contributed by atoms with Crippen molar-refractivity contribution >= 4 is 33.8 Å². The Morgan fingerprint density at radius 2 is 1.77 bits per heavy atom. The minimum atomic E-state index is -0.343. The predicted molar refractivity (Wildman–Crippen MR) is 120 cm³/mol. The second-order valence-electron chi connectivity index (χ2n) is 7.29. The zero-order chi connectivity index (χ0) is 21.1. The number of hydrogen-bond donors (Lipinski definition) is 0. The second kappa shape index (κ2) is 8.62. The van der Waals surface area contributed by atoms with Gasteiger partial charge in [0.15, 0.2) is 0 Å². The molecule has 0 amide bonds. The fourth-order valence-corrected chi connectivity index (χ4v) is 4.11. The van der Waals surface area contributed by atoms with Crippen LogP contribution in [-0.2, 0) is 0 Å². The number of piperazine rings is 1. The molecule has 0 aliphatic carbocycles. The first-order chi connectivity index (χ1) is 14.6. The van der Waals surface area contributed by atoms with Crippen molar-refractivity contribution in [2.75, 3.05) is 49.1 Å². The standard InChI is InChI=1S/C22H26N6O2/c1-3-25-12-14-26(15-13-25)21-20(28(29)30)22(24-16-23-21)27(4-2)19-11-7-9-17-8-5-6-10-18(17)19/h5-11,16H,3-4,12-15H2,1-2H3. The second-order valence-corrected chi connectivity index (χ2v) is 7.29. The summed E-state index contributed by atoms with van der Waals surface area (Å²) >= 11 is 0. The maximum absolute atomic E-state index is 12.2. The molecule has 0 bridgehead atoms. The summed E-state index contributed by atoms with van der Waals surface area (Å²) < 4.78 is 0. The van der Waals surface area contributed by atoms with E-state index in [1.807, 2.05) is 59.2 Å². The van der Waals surface area contributed by atoms with Gasteiger partial charge in [0.2, 0.25) is 11.6 Å². The minimum Gasteiger partial charge on any atom is -0.348 e. The zero-order valence-electron chi connectivity index (χ0n) is 17.4. The third kappa shape index (κ3) is 3.66. The maximum Gasteiger partial charge on any atom is 0.353 e. The van der Waals surface area contributed by atoms with Crippen molar-refractivity contribution in [2.45, 2.75) is 13.8 Å². The minimum absolute atomic E-state index is 0.0303. The molecule has 1 fully saturated rings. The van der Waals surface area contributed by atoms with Gasteiger partial charge < -0.3 is 14.7 Å². The topological polar surface area (TPSA) is 78.6 Å². The Balaban J connectivity index is 1.80. The van der Waals surface area contributed by atoms with E-state index in [9.17, 15) is 10.1 Å². The maximum atomic E-state index is 12.2. The van der Waals surface area contributed by atoms with E-state index in [-0.39, 0.29) is 10.6 Å². The molecule has 8 nitrogen and oxygen atoms in total. The summed E-state index contributed by atoms with van der Waals surface area (Å²) in [4.78, 5) is 26.8. The predicted octanol–water partition coefficient (Wildman–Crippen LogP) is 3.84. The molecule has 0 radical (unpaired) electrons. The number of rotatable bonds is 6. The fraction of sp³-hybridized carbons (Fsp3) is 0.364. The highest BCUT2D eigenvalue weighted by molar-refractivity contribution is 5.96. The van der Waals surface area contributed by atoms with Crippen molar-refractivity contribution in [3.8, 4) is 0 Å². The lowest BCUT2D eigenvalue weighted by Gasteiger charge is -2.34. The van der Waals surface area contributed by atoms with Gasteiger partial charge >= 0.3 is 5.69 Å². The summed E-state index contributed by atoms with van der Waals surface area (Å²) in [5.74, 6) is 0.737. The van der Waals surface area contributed by atoms with Gasteiger partial charge in [0.1, 0.15) is 6.33 Å². The summed E-state index contributed by atoms with van der Waals surface area (Å²) in [6.07, 6.45) is 1.44. The quantitative estimate of drug-likeness (QED) is 0.455. The van der Waals surface area contributed by atoms with Gasteiger partial charge in [-0.15, -0.1) is 0 Å². The third-order valence-electron chi connectivity index (χ3n) is 5.71. The number of benzene rings is 2. The molecule has 0 atom stereocenters. The lowest BCUT2D eigenvalue weighted by molar-refractivity contribution is -0.383. The molecule has 3 aromatic rings. The molecular formula is C22H26N6O2. The van der Waals surface area contributed by atoms with Crippen molar-refractivity contribution in [1.29, 1.82) is 0 Å². The van der Waals surface area contributed by atoms with Gasteiger partial charge in [-0.05, 0) is 24.9 Å². The zero-order valence-corrected chi connectivity index (χ0v) is 17.4. The Kier molecular flexibility index (Phi) is 5.76. The smallest absolute Gasteiger partial charge is 0.348 e. The molecule has 2 heterocycles. The molecule has 0 N–H and O–H groups in total. The lowest BCUT2D eigenvalue weighted by atomic mass is 10.1. The van der Waals surface area contributed by atoms with Crippen LogP contribution in [0.25, 0.3) is 10.8 Å². The highest BCUT2D eigenvalue weighted by Crippen LogP contribution is 2.39. The van der Waals surface area contributed by atoms with Crippen LogP contribution < -0.4 is 9.80 Å². The highest BCUT2D eigenvalue weighted by atomic mass is 16.6. The fourth-order valence-electron chi connectivity index (χ4n) is 4.11. The number of anilines is 3. The SMILES string of the molecule is CCN1CCN(c2ncnc(N(CC)c3cccc4ccccc34)c2[N+](=O)[O-])CC1. The molecule has 1 saturated heterocycles. The van der Waals surface area contributed by atoms with Crippen LogP contribution in [0, 0.1) is 10.1 Å². The molecule has 0 saturated carbocycles. The van der Waals surface area contributed by atoms with Crippen molar-refractivity contribution < 1.29 is 4.92 Å². The number of likely N-dealkylation sites (N-methyl/N-ethyl adjacent to an activating group) is 1. The Morgan fingerprint density at radius 3 is 2.47 bits per heavy atom. The molecule has 4 rings (SSSR count). The van der Waals surface area contributed by atoms with Gasteiger partial charge in [0.25, 0.3) is 0 Å². The average molecular weight is 406 g/mol. The van der Waals surface area contributed by atoms with Gasteiger partial charge in [-0.25, -0.2) is 9.97 Å². The molecule has 156 valence electrons. The Labute approximate surface area is 175 Å².